The van der Waals surface area contributed by atoms with Crippen LogP contribution in [0.25, 0.3) is 0 Å². The molecule has 2 N–H and O–H groups in total. The maximum atomic E-state index is 10.6. The molecule has 4 nitrogen and oxygen atoms in total. The molecule has 0 aromatic carbocycles. The van der Waals surface area contributed by atoms with Crippen LogP contribution in [0.3, 0.4) is 0 Å². The molecule has 0 unspecified atom stereocenters. The second kappa shape index (κ2) is 2.65. The van der Waals surface area contributed by atoms with E-state index in [1.54, 1.807) is 17.6 Å². The van der Waals surface area contributed by atoms with E-state index >= 15 is 0 Å². The van der Waals surface area contributed by atoms with E-state index in [0.717, 1.165) is 15.7 Å². The van der Waals surface area contributed by atoms with Crippen molar-refractivity contribution in [2.24, 2.45) is 5.14 Å². The molecule has 1 aliphatic rings. The molecule has 1 aliphatic heterocycles. The Kier molecular flexibility index (Phi) is 2.02. The summed E-state index contributed by atoms with van der Waals surface area (Å²) in [5, 5.41) is 6.43. The molecular formula is C4H6N2O2S2. The largest absolute Gasteiger partial charge is 0.308 e. The van der Waals surface area contributed by atoms with Crippen LogP contribution in [0.4, 0.5) is 0 Å². The molecule has 10 heavy (non-hydrogen) atoms. The lowest BCUT2D eigenvalue weighted by molar-refractivity contribution is 0.574. The molecular weight excluding hydrogens is 172 g/mol. The second-order valence-corrected chi connectivity index (χ2v) is 4.11. The van der Waals surface area contributed by atoms with Gasteiger partial charge in [0.05, 0.1) is 0 Å². The van der Waals surface area contributed by atoms with Gasteiger partial charge in [-0.15, -0.1) is 0 Å². The van der Waals surface area contributed by atoms with E-state index < -0.39 is 10.2 Å². The van der Waals surface area contributed by atoms with Gasteiger partial charge in [-0.3, -0.25) is 0 Å². The first-order valence-electron chi connectivity index (χ1n) is 2.43. The minimum absolute atomic E-state index is 0.979. The van der Waals surface area contributed by atoms with Gasteiger partial charge in [-0.1, -0.05) is 6.08 Å². The Morgan fingerprint density at radius 3 is 2.40 bits per heavy atom. The van der Waals surface area contributed by atoms with Gasteiger partial charge in [0, 0.05) is 6.20 Å². The number of hydrogen-bond donors (Lipinski definition) is 1. The summed E-state index contributed by atoms with van der Waals surface area (Å²) in [6.07, 6.45) is 4.72. The van der Waals surface area contributed by atoms with Gasteiger partial charge < -0.3 is 0 Å². The van der Waals surface area contributed by atoms with Crippen molar-refractivity contribution < 1.29 is 8.42 Å². The first-order valence-corrected chi connectivity index (χ1v) is 4.77. The molecule has 6 heteroatoms. The predicted molar refractivity (Wildman–Crippen MR) is 40.8 cm³/mol. The number of nitrogens with two attached hydrogens (primary N) is 1. The summed E-state index contributed by atoms with van der Waals surface area (Å²) < 4.78 is 22.1. The van der Waals surface area contributed by atoms with Crippen molar-refractivity contribution in [3.8, 4) is 0 Å². The van der Waals surface area contributed by atoms with Crippen molar-refractivity contribution in [3.63, 3.8) is 0 Å². The average molecular weight is 178 g/mol. The van der Waals surface area contributed by atoms with Crippen LogP contribution >= 0.6 is 11.9 Å². The monoisotopic (exact) mass is 178 g/mol. The van der Waals surface area contributed by atoms with Gasteiger partial charge in [0.1, 0.15) is 0 Å². The topological polar surface area (TPSA) is 63.4 Å². The van der Waals surface area contributed by atoms with Gasteiger partial charge in [0.25, 0.3) is 0 Å². The Bertz CT molecular complexity index is 267. The highest BCUT2D eigenvalue weighted by molar-refractivity contribution is 8.09. The van der Waals surface area contributed by atoms with Crippen molar-refractivity contribution in [2.45, 2.75) is 0 Å². The Labute approximate surface area is 63.7 Å². The van der Waals surface area contributed by atoms with E-state index in [4.69, 9.17) is 5.14 Å². The Balaban J connectivity index is 2.79. The van der Waals surface area contributed by atoms with Gasteiger partial charge in [0.15, 0.2) is 0 Å². The van der Waals surface area contributed by atoms with Gasteiger partial charge in [-0.2, -0.15) is 8.42 Å². The summed E-state index contributed by atoms with van der Waals surface area (Å²) in [7, 11) is -3.57. The van der Waals surface area contributed by atoms with Crippen LogP contribution < -0.4 is 5.14 Å². The zero-order chi connectivity index (χ0) is 7.61. The maximum absolute atomic E-state index is 10.6. The Morgan fingerprint density at radius 1 is 1.40 bits per heavy atom. The molecule has 0 aliphatic carbocycles. The summed E-state index contributed by atoms with van der Waals surface area (Å²) in [4.78, 5) is 0. The zero-order valence-corrected chi connectivity index (χ0v) is 6.60. The first kappa shape index (κ1) is 7.64. The third kappa shape index (κ3) is 1.76. The van der Waals surface area contributed by atoms with Crippen LogP contribution in [0.2, 0.25) is 0 Å². The quantitative estimate of drug-likeness (QED) is 0.583. The summed E-state index contributed by atoms with van der Waals surface area (Å²) in [5.41, 5.74) is 0. The van der Waals surface area contributed by atoms with Crippen LogP contribution in [-0.4, -0.2) is 12.1 Å². The molecule has 0 amide bonds. The molecule has 0 aromatic rings. The molecule has 1 rings (SSSR count). The number of rotatable bonds is 1. The fourth-order valence-corrected chi connectivity index (χ4v) is 1.73. The minimum Gasteiger partial charge on any atom is -0.210 e. The smallest absolute Gasteiger partial charge is 0.210 e. The Morgan fingerprint density at radius 2 is 2.10 bits per heavy atom. The number of hydrogen-bond acceptors (Lipinski definition) is 3. The highest BCUT2D eigenvalue weighted by Gasteiger charge is 2.12. The molecule has 0 saturated heterocycles. The van der Waals surface area contributed by atoms with Crippen molar-refractivity contribution in [1.82, 2.24) is 3.71 Å². The van der Waals surface area contributed by atoms with Crippen molar-refractivity contribution in [3.05, 3.63) is 23.8 Å². The Hall–Kier alpha value is -0.460. The summed E-state index contributed by atoms with van der Waals surface area (Å²) >= 11 is 1.02. The van der Waals surface area contributed by atoms with Gasteiger partial charge in [0.2, 0.25) is 0 Å². The summed E-state index contributed by atoms with van der Waals surface area (Å²) in [5.74, 6) is 0. The third-order valence-electron chi connectivity index (χ3n) is 0.813. The van der Waals surface area contributed by atoms with Gasteiger partial charge >= 0.3 is 10.2 Å². The lowest BCUT2D eigenvalue weighted by Gasteiger charge is -2.14. The van der Waals surface area contributed by atoms with Crippen LogP contribution in [0, 0.1) is 0 Å². The summed E-state index contributed by atoms with van der Waals surface area (Å²) in [6.45, 7) is 0. The second-order valence-electron chi connectivity index (χ2n) is 1.58. The molecule has 0 aromatic heterocycles. The molecule has 0 fully saturated rings. The molecule has 0 bridgehead atoms. The molecule has 56 valence electrons. The van der Waals surface area contributed by atoms with Crippen LogP contribution in [0.1, 0.15) is 0 Å². The lowest BCUT2D eigenvalue weighted by Crippen LogP contribution is -2.26. The highest BCUT2D eigenvalue weighted by Crippen LogP contribution is 2.18. The number of allylic oxidation sites excluding steroid dienone is 2. The molecule has 1 heterocycles. The maximum Gasteiger partial charge on any atom is 0.308 e. The lowest BCUT2D eigenvalue weighted by atomic mass is 10.6. The van der Waals surface area contributed by atoms with Crippen LogP contribution in [0.5, 0.6) is 0 Å². The molecule has 0 radical (unpaired) electrons. The van der Waals surface area contributed by atoms with Crippen LogP contribution in [-0.2, 0) is 10.2 Å². The predicted octanol–water partition coefficient (Wildman–Crippen LogP) is 0.181. The molecule has 0 spiro atoms. The van der Waals surface area contributed by atoms with E-state index in [1.807, 2.05) is 0 Å². The third-order valence-corrected chi connectivity index (χ3v) is 2.93. The summed E-state index contributed by atoms with van der Waals surface area (Å²) in [6, 6.07) is 0. The van der Waals surface area contributed by atoms with Crippen LogP contribution in [0.15, 0.2) is 23.8 Å². The van der Waals surface area contributed by atoms with Crippen molar-refractivity contribution in [1.29, 1.82) is 0 Å². The SMILES string of the molecule is NS(=O)(=O)N1C=CC=CS1. The standard InChI is InChI=1S/C4H6N2O2S2/c5-10(7,8)6-3-1-2-4-9-6/h1-4H,(H2,5,7,8). The first-order chi connectivity index (χ1) is 4.61. The minimum atomic E-state index is -3.57. The van der Waals surface area contributed by atoms with Gasteiger partial charge in [-0.05, 0) is 23.4 Å². The van der Waals surface area contributed by atoms with Crippen molar-refractivity contribution >= 4 is 22.2 Å². The average Bonchev–Trinajstić information content (AvgIpc) is 1.88. The van der Waals surface area contributed by atoms with E-state index in [0.29, 0.717) is 0 Å². The molecule has 0 saturated carbocycles. The van der Waals surface area contributed by atoms with E-state index in [1.165, 1.54) is 6.20 Å². The van der Waals surface area contributed by atoms with E-state index in [9.17, 15) is 8.42 Å². The van der Waals surface area contributed by atoms with E-state index in [-0.39, 0.29) is 0 Å². The normalized spacial score (nSPS) is 17.9. The zero-order valence-electron chi connectivity index (χ0n) is 4.97. The molecule has 0 atom stereocenters. The van der Waals surface area contributed by atoms with E-state index in [2.05, 4.69) is 0 Å². The highest BCUT2D eigenvalue weighted by atomic mass is 32.3. The fourth-order valence-electron chi connectivity index (χ4n) is 0.440. The van der Waals surface area contributed by atoms with Gasteiger partial charge in [-0.25, -0.2) is 8.85 Å². The number of nitrogens with zero attached hydrogens (tertiary/aromatic N) is 1. The fraction of sp³-hybridized carbons (Fsp3) is 0. The van der Waals surface area contributed by atoms with Crippen molar-refractivity contribution in [2.75, 3.05) is 0 Å².